The van der Waals surface area contributed by atoms with Crippen LogP contribution in [-0.2, 0) is 16.0 Å². The molecule has 27 heavy (non-hydrogen) atoms. The van der Waals surface area contributed by atoms with Crippen LogP contribution in [0.15, 0.2) is 18.2 Å². The van der Waals surface area contributed by atoms with Gasteiger partial charge in [0.2, 0.25) is 5.91 Å². The Morgan fingerprint density at radius 1 is 1.07 bits per heavy atom. The van der Waals surface area contributed by atoms with Gasteiger partial charge in [-0.1, -0.05) is 23.8 Å². The predicted molar refractivity (Wildman–Crippen MR) is 95.1 cm³/mol. The van der Waals surface area contributed by atoms with Crippen molar-refractivity contribution in [1.29, 1.82) is 0 Å². The monoisotopic (exact) mass is 382 g/mol. The molecule has 3 rings (SSSR count). The van der Waals surface area contributed by atoms with E-state index >= 15 is 0 Å². The number of amides is 2. The van der Waals surface area contributed by atoms with E-state index in [1.165, 1.54) is 0 Å². The summed E-state index contributed by atoms with van der Waals surface area (Å²) in [6, 6.07) is 5.17. The number of carbonyl (C=O) groups excluding carboxylic acids is 2. The first kappa shape index (κ1) is 19.7. The summed E-state index contributed by atoms with van der Waals surface area (Å²) in [6.07, 6.45) is -1.85. The van der Waals surface area contributed by atoms with Gasteiger partial charge in [-0.3, -0.25) is 9.59 Å². The summed E-state index contributed by atoms with van der Waals surface area (Å²) in [6.45, 7) is 4.57. The van der Waals surface area contributed by atoms with Gasteiger partial charge < -0.3 is 9.80 Å². The average Bonchev–Trinajstić information content (AvgIpc) is 3.25. The molecule has 1 aromatic rings. The Hall–Kier alpha value is -2.05. The molecule has 0 N–H and O–H groups in total. The molecular formula is C20H25F3N2O2. The summed E-state index contributed by atoms with van der Waals surface area (Å²) >= 11 is 0. The van der Waals surface area contributed by atoms with Gasteiger partial charge in [-0.2, -0.15) is 13.2 Å². The first-order valence-corrected chi connectivity index (χ1v) is 9.43. The van der Waals surface area contributed by atoms with Gasteiger partial charge >= 0.3 is 12.1 Å². The van der Waals surface area contributed by atoms with Crippen molar-refractivity contribution in [3.8, 4) is 0 Å². The van der Waals surface area contributed by atoms with Crippen LogP contribution in [0.5, 0.6) is 0 Å². The molecule has 2 saturated heterocycles. The maximum atomic E-state index is 13.0. The number of hydrogen-bond donors (Lipinski definition) is 0. The van der Waals surface area contributed by atoms with E-state index in [0.717, 1.165) is 34.4 Å². The lowest BCUT2D eigenvalue weighted by Gasteiger charge is -2.32. The Morgan fingerprint density at radius 3 is 2.44 bits per heavy atom. The fraction of sp³-hybridized carbons (Fsp3) is 0.600. The van der Waals surface area contributed by atoms with Crippen LogP contribution in [0.25, 0.3) is 0 Å². The van der Waals surface area contributed by atoms with Crippen LogP contribution >= 0.6 is 0 Å². The smallest absolute Gasteiger partial charge is 0.338 e. The van der Waals surface area contributed by atoms with E-state index in [-0.39, 0.29) is 18.5 Å². The molecule has 2 atom stereocenters. The number of hydrogen-bond acceptors (Lipinski definition) is 2. The van der Waals surface area contributed by atoms with Crippen molar-refractivity contribution in [1.82, 2.24) is 9.80 Å². The molecule has 0 aliphatic carbocycles. The number of benzene rings is 1. The van der Waals surface area contributed by atoms with Crippen molar-refractivity contribution in [2.75, 3.05) is 13.1 Å². The predicted octanol–water partition coefficient (Wildman–Crippen LogP) is 3.39. The Bertz CT molecular complexity index is 732. The van der Waals surface area contributed by atoms with Crippen LogP contribution in [0.3, 0.4) is 0 Å². The van der Waals surface area contributed by atoms with Gasteiger partial charge in [-0.15, -0.1) is 0 Å². The van der Waals surface area contributed by atoms with E-state index in [4.69, 9.17) is 0 Å². The number of aryl methyl sites for hydroxylation is 2. The minimum atomic E-state index is -4.94. The first-order chi connectivity index (χ1) is 12.7. The van der Waals surface area contributed by atoms with Crippen LogP contribution in [0.1, 0.15) is 42.4 Å². The molecule has 2 fully saturated rings. The Kier molecular flexibility index (Phi) is 5.49. The summed E-state index contributed by atoms with van der Waals surface area (Å²) < 4.78 is 38.5. The first-order valence-electron chi connectivity index (χ1n) is 9.43. The molecule has 2 amide bonds. The Morgan fingerprint density at radius 2 is 1.74 bits per heavy atom. The van der Waals surface area contributed by atoms with Crippen LogP contribution < -0.4 is 0 Å². The maximum Gasteiger partial charge on any atom is 0.471 e. The third kappa shape index (κ3) is 4.12. The molecular weight excluding hydrogens is 357 g/mol. The summed E-state index contributed by atoms with van der Waals surface area (Å²) in [7, 11) is 0. The van der Waals surface area contributed by atoms with Gasteiger partial charge in [-0.25, -0.2) is 0 Å². The molecule has 0 aromatic heterocycles. The highest BCUT2D eigenvalue weighted by Gasteiger charge is 2.49. The number of nitrogens with zero attached hydrogens (tertiary/aromatic N) is 2. The fourth-order valence-electron chi connectivity index (χ4n) is 4.23. The summed E-state index contributed by atoms with van der Waals surface area (Å²) in [5.74, 6) is -2.23. The highest BCUT2D eigenvalue weighted by molar-refractivity contribution is 5.90. The zero-order chi connectivity index (χ0) is 19.8. The van der Waals surface area contributed by atoms with Crippen molar-refractivity contribution in [2.45, 2.75) is 64.2 Å². The minimum absolute atomic E-state index is 0.00968. The van der Waals surface area contributed by atoms with E-state index in [1.807, 2.05) is 26.0 Å². The van der Waals surface area contributed by atoms with E-state index in [0.29, 0.717) is 25.8 Å². The van der Waals surface area contributed by atoms with Crippen LogP contribution in [0.4, 0.5) is 13.2 Å². The highest BCUT2D eigenvalue weighted by Crippen LogP contribution is 2.30. The number of alkyl halides is 3. The molecule has 2 unspecified atom stereocenters. The minimum Gasteiger partial charge on any atom is -0.338 e. The zero-order valence-electron chi connectivity index (χ0n) is 15.7. The van der Waals surface area contributed by atoms with E-state index in [2.05, 4.69) is 6.07 Å². The molecule has 0 spiro atoms. The summed E-state index contributed by atoms with van der Waals surface area (Å²) in [5, 5.41) is 0. The van der Waals surface area contributed by atoms with E-state index in [1.54, 1.807) is 4.90 Å². The van der Waals surface area contributed by atoms with Gasteiger partial charge in [-0.05, 0) is 57.1 Å². The normalized spacial score (nSPS) is 23.1. The van der Waals surface area contributed by atoms with Crippen LogP contribution in [0, 0.1) is 13.8 Å². The van der Waals surface area contributed by atoms with Gasteiger partial charge in [0.1, 0.15) is 6.04 Å². The molecule has 0 radical (unpaired) electrons. The summed E-state index contributed by atoms with van der Waals surface area (Å²) in [5.41, 5.74) is 3.45. The zero-order valence-corrected chi connectivity index (χ0v) is 15.7. The quantitative estimate of drug-likeness (QED) is 0.804. The second-order valence-corrected chi connectivity index (χ2v) is 7.62. The third-order valence-corrected chi connectivity index (χ3v) is 5.66. The van der Waals surface area contributed by atoms with Gasteiger partial charge in [0, 0.05) is 19.1 Å². The van der Waals surface area contributed by atoms with E-state index < -0.39 is 18.1 Å². The van der Waals surface area contributed by atoms with Crippen LogP contribution in [0.2, 0.25) is 0 Å². The number of likely N-dealkylation sites (tertiary alicyclic amines) is 2. The lowest BCUT2D eigenvalue weighted by Crippen LogP contribution is -2.52. The van der Waals surface area contributed by atoms with Crippen molar-refractivity contribution in [2.24, 2.45) is 0 Å². The van der Waals surface area contributed by atoms with E-state index in [9.17, 15) is 22.8 Å². The SMILES string of the molecule is Cc1ccc(C)c(CC2CCCN2C(=O)C2CCCN2C(=O)C(F)(F)F)c1. The molecule has 1 aromatic carbocycles. The van der Waals surface area contributed by atoms with Crippen molar-refractivity contribution in [3.63, 3.8) is 0 Å². The standard InChI is InChI=1S/C20H25F3N2O2/c1-13-7-8-14(2)15(11-13)12-16-5-3-9-24(16)18(26)17-6-4-10-25(17)19(27)20(21,22)23/h7-8,11,16-17H,3-6,9-10,12H2,1-2H3. The fourth-order valence-corrected chi connectivity index (χ4v) is 4.23. The Balaban J connectivity index is 1.75. The largest absolute Gasteiger partial charge is 0.471 e. The highest BCUT2D eigenvalue weighted by atomic mass is 19.4. The Labute approximate surface area is 157 Å². The topological polar surface area (TPSA) is 40.6 Å². The molecule has 2 heterocycles. The molecule has 4 nitrogen and oxygen atoms in total. The molecule has 2 aliphatic rings. The summed E-state index contributed by atoms with van der Waals surface area (Å²) in [4.78, 5) is 27.1. The molecule has 0 bridgehead atoms. The molecule has 2 aliphatic heterocycles. The third-order valence-electron chi connectivity index (χ3n) is 5.66. The van der Waals surface area contributed by atoms with Crippen molar-refractivity contribution >= 4 is 11.8 Å². The second-order valence-electron chi connectivity index (χ2n) is 7.62. The number of rotatable bonds is 3. The molecule has 7 heteroatoms. The number of carbonyl (C=O) groups is 2. The molecule has 148 valence electrons. The molecule has 0 saturated carbocycles. The average molecular weight is 382 g/mol. The van der Waals surface area contributed by atoms with Crippen molar-refractivity contribution in [3.05, 3.63) is 34.9 Å². The second kappa shape index (κ2) is 7.52. The van der Waals surface area contributed by atoms with Gasteiger partial charge in [0.05, 0.1) is 0 Å². The maximum absolute atomic E-state index is 13.0. The van der Waals surface area contributed by atoms with Crippen molar-refractivity contribution < 1.29 is 22.8 Å². The van der Waals surface area contributed by atoms with Gasteiger partial charge in [0.25, 0.3) is 0 Å². The lowest BCUT2D eigenvalue weighted by atomic mass is 9.97. The van der Waals surface area contributed by atoms with Crippen LogP contribution in [-0.4, -0.2) is 53.0 Å². The number of halogens is 3. The lowest BCUT2D eigenvalue weighted by molar-refractivity contribution is -0.187. The van der Waals surface area contributed by atoms with Gasteiger partial charge in [0.15, 0.2) is 0 Å².